The molecule has 0 saturated heterocycles. The van der Waals surface area contributed by atoms with Crippen LogP contribution >= 0.6 is 0 Å². The van der Waals surface area contributed by atoms with Gasteiger partial charge in [0.25, 0.3) is 0 Å². The Labute approximate surface area is 105 Å². The molecule has 17 heavy (non-hydrogen) atoms. The second-order valence-corrected chi connectivity index (χ2v) is 6.67. The van der Waals surface area contributed by atoms with E-state index in [0.717, 1.165) is 18.4 Å². The van der Waals surface area contributed by atoms with Crippen molar-refractivity contribution in [3.8, 4) is 0 Å². The minimum Gasteiger partial charge on any atom is -0.389 e. The van der Waals surface area contributed by atoms with Crippen molar-refractivity contribution < 1.29 is 10.2 Å². The maximum Gasteiger partial charge on any atom is 0.0745 e. The average molecular weight is 238 g/mol. The molecule has 0 aliphatic heterocycles. The van der Waals surface area contributed by atoms with E-state index in [9.17, 15) is 10.2 Å². The first-order valence-electron chi connectivity index (χ1n) is 6.85. The van der Waals surface area contributed by atoms with Crippen LogP contribution in [0.3, 0.4) is 0 Å². The molecular formula is C15H26O2. The van der Waals surface area contributed by atoms with Crippen molar-refractivity contribution in [2.45, 2.75) is 64.6 Å². The zero-order valence-corrected chi connectivity index (χ0v) is 11.4. The van der Waals surface area contributed by atoms with Gasteiger partial charge in [0.2, 0.25) is 0 Å². The Kier molecular flexibility index (Phi) is 3.16. The molecule has 0 aromatic heterocycles. The van der Waals surface area contributed by atoms with Gasteiger partial charge in [0.15, 0.2) is 0 Å². The Balaban J connectivity index is 2.06. The third-order valence-electron chi connectivity index (χ3n) is 5.79. The van der Waals surface area contributed by atoms with E-state index in [1.165, 1.54) is 19.3 Å². The van der Waals surface area contributed by atoms with Gasteiger partial charge >= 0.3 is 0 Å². The molecule has 2 fully saturated rings. The van der Waals surface area contributed by atoms with Crippen LogP contribution in [0.25, 0.3) is 0 Å². The highest BCUT2D eigenvalue weighted by Crippen LogP contribution is 2.63. The van der Waals surface area contributed by atoms with E-state index < -0.39 is 11.7 Å². The van der Waals surface area contributed by atoms with Crippen molar-refractivity contribution in [3.05, 3.63) is 12.2 Å². The number of aliphatic hydroxyl groups is 2. The zero-order valence-electron chi connectivity index (χ0n) is 11.4. The molecule has 5 unspecified atom stereocenters. The van der Waals surface area contributed by atoms with Gasteiger partial charge in [0, 0.05) is 0 Å². The summed E-state index contributed by atoms with van der Waals surface area (Å²) in [5.74, 6) is 1.11. The molecule has 0 spiro atoms. The predicted octanol–water partition coefficient (Wildman–Crippen LogP) is 2.89. The van der Waals surface area contributed by atoms with E-state index in [2.05, 4.69) is 13.5 Å². The fourth-order valence-electron chi connectivity index (χ4n) is 4.09. The van der Waals surface area contributed by atoms with Gasteiger partial charge < -0.3 is 10.2 Å². The number of hydrogen-bond acceptors (Lipinski definition) is 2. The molecule has 5 atom stereocenters. The van der Waals surface area contributed by atoms with Crippen molar-refractivity contribution in [1.29, 1.82) is 0 Å². The lowest BCUT2D eigenvalue weighted by molar-refractivity contribution is -0.107. The second-order valence-electron chi connectivity index (χ2n) is 6.67. The van der Waals surface area contributed by atoms with E-state index >= 15 is 0 Å². The highest BCUT2D eigenvalue weighted by Gasteiger charge is 2.61. The van der Waals surface area contributed by atoms with E-state index in [4.69, 9.17) is 0 Å². The van der Waals surface area contributed by atoms with Crippen LogP contribution in [-0.2, 0) is 0 Å². The summed E-state index contributed by atoms with van der Waals surface area (Å²) in [6, 6.07) is 0. The molecule has 2 saturated carbocycles. The number of hydrogen-bond donors (Lipinski definition) is 2. The van der Waals surface area contributed by atoms with E-state index in [1.54, 1.807) is 0 Å². The lowest BCUT2D eigenvalue weighted by atomic mass is 9.62. The molecule has 98 valence electrons. The molecule has 0 heterocycles. The van der Waals surface area contributed by atoms with Crippen molar-refractivity contribution >= 4 is 0 Å². The molecule has 2 heteroatoms. The predicted molar refractivity (Wildman–Crippen MR) is 69.6 cm³/mol. The first-order valence-corrected chi connectivity index (χ1v) is 6.85. The van der Waals surface area contributed by atoms with Gasteiger partial charge in [0.05, 0.1) is 11.7 Å². The maximum atomic E-state index is 10.8. The van der Waals surface area contributed by atoms with Gasteiger partial charge in [-0.15, -0.1) is 0 Å². The van der Waals surface area contributed by atoms with Gasteiger partial charge in [-0.2, -0.15) is 0 Å². The molecule has 2 aliphatic rings. The third kappa shape index (κ3) is 1.86. The summed E-state index contributed by atoms with van der Waals surface area (Å²) < 4.78 is 0. The standard InChI is InChI=1S/C15H26O2/c1-10(2)13(16)7-8-14(3)11-5-6-12(9-11)15(14,4)17/h11-13,16-17H,1,5-9H2,2-4H3. The van der Waals surface area contributed by atoms with Crippen LogP contribution in [0.5, 0.6) is 0 Å². The van der Waals surface area contributed by atoms with Gasteiger partial charge in [-0.3, -0.25) is 0 Å². The van der Waals surface area contributed by atoms with E-state index in [1.807, 2.05) is 13.8 Å². The van der Waals surface area contributed by atoms with Gasteiger partial charge in [0.1, 0.15) is 0 Å². The Bertz CT molecular complexity index is 321. The highest BCUT2D eigenvalue weighted by atomic mass is 16.3. The SMILES string of the molecule is C=C(C)C(O)CCC1(C)C2CCC(C2)C1(C)O. The molecule has 2 aliphatic carbocycles. The van der Waals surface area contributed by atoms with Crippen LogP contribution in [0.1, 0.15) is 52.9 Å². The van der Waals surface area contributed by atoms with Gasteiger partial charge in [-0.25, -0.2) is 0 Å². The van der Waals surface area contributed by atoms with Crippen LogP contribution in [0, 0.1) is 17.3 Å². The summed E-state index contributed by atoms with van der Waals surface area (Å²) in [4.78, 5) is 0. The molecule has 2 rings (SSSR count). The molecule has 0 amide bonds. The monoisotopic (exact) mass is 238 g/mol. The molecule has 2 N–H and O–H groups in total. The normalized spacial score (nSPS) is 46.2. The van der Waals surface area contributed by atoms with E-state index in [-0.39, 0.29) is 5.41 Å². The Morgan fingerprint density at radius 1 is 1.35 bits per heavy atom. The van der Waals surface area contributed by atoms with Crippen LogP contribution in [-0.4, -0.2) is 21.9 Å². The summed E-state index contributed by atoms with van der Waals surface area (Å²) in [5.41, 5.74) is 0.258. The second kappa shape index (κ2) is 4.10. The van der Waals surface area contributed by atoms with Crippen molar-refractivity contribution in [1.82, 2.24) is 0 Å². The number of aliphatic hydroxyl groups excluding tert-OH is 1. The summed E-state index contributed by atoms with van der Waals surface area (Å²) in [7, 11) is 0. The minimum absolute atomic E-state index is 0.0215. The Morgan fingerprint density at radius 2 is 1.94 bits per heavy atom. The summed E-state index contributed by atoms with van der Waals surface area (Å²) in [5, 5.41) is 20.6. The van der Waals surface area contributed by atoms with Gasteiger partial charge in [-0.1, -0.05) is 19.1 Å². The fourth-order valence-corrected chi connectivity index (χ4v) is 4.09. The van der Waals surface area contributed by atoms with Crippen LogP contribution in [0.15, 0.2) is 12.2 Å². The van der Waals surface area contributed by atoms with E-state index in [0.29, 0.717) is 11.8 Å². The first-order chi connectivity index (χ1) is 7.79. The van der Waals surface area contributed by atoms with Gasteiger partial charge in [-0.05, 0) is 63.2 Å². The maximum absolute atomic E-state index is 10.8. The molecular weight excluding hydrogens is 212 g/mol. The summed E-state index contributed by atoms with van der Waals surface area (Å²) >= 11 is 0. The topological polar surface area (TPSA) is 40.5 Å². The largest absolute Gasteiger partial charge is 0.389 e. The van der Waals surface area contributed by atoms with Crippen LogP contribution in [0.4, 0.5) is 0 Å². The average Bonchev–Trinajstić information content (AvgIpc) is 2.79. The quantitative estimate of drug-likeness (QED) is 0.739. The smallest absolute Gasteiger partial charge is 0.0745 e. The van der Waals surface area contributed by atoms with Crippen molar-refractivity contribution in [2.24, 2.45) is 17.3 Å². The van der Waals surface area contributed by atoms with Crippen LogP contribution in [0.2, 0.25) is 0 Å². The third-order valence-corrected chi connectivity index (χ3v) is 5.79. The minimum atomic E-state index is -0.551. The Morgan fingerprint density at radius 3 is 2.41 bits per heavy atom. The summed E-state index contributed by atoms with van der Waals surface area (Å²) in [6.07, 6.45) is 4.81. The molecule has 0 aromatic carbocycles. The zero-order chi connectivity index (χ0) is 12.8. The number of fused-ring (bicyclic) bond motifs is 2. The van der Waals surface area contributed by atoms with Crippen molar-refractivity contribution in [2.75, 3.05) is 0 Å². The summed E-state index contributed by atoms with van der Waals surface area (Å²) in [6.45, 7) is 9.88. The fraction of sp³-hybridized carbons (Fsp3) is 0.867. The highest BCUT2D eigenvalue weighted by molar-refractivity contribution is 5.12. The van der Waals surface area contributed by atoms with Crippen molar-refractivity contribution in [3.63, 3.8) is 0 Å². The molecule has 2 bridgehead atoms. The lowest BCUT2D eigenvalue weighted by Gasteiger charge is -2.46. The van der Waals surface area contributed by atoms with Crippen LogP contribution < -0.4 is 0 Å². The lowest BCUT2D eigenvalue weighted by Crippen LogP contribution is -2.49. The first kappa shape index (κ1) is 13.1. The number of rotatable bonds is 4. The molecule has 2 nitrogen and oxygen atoms in total. The molecule has 0 radical (unpaired) electrons. The molecule has 0 aromatic rings. The Hall–Kier alpha value is -0.340.